The second kappa shape index (κ2) is 10.6. The van der Waals surface area contributed by atoms with Crippen LogP contribution < -0.4 is 10.1 Å². The Kier molecular flexibility index (Phi) is 7.39. The van der Waals surface area contributed by atoms with Gasteiger partial charge in [0, 0.05) is 29.7 Å². The first-order valence-electron chi connectivity index (χ1n) is 10.2. The third kappa shape index (κ3) is 5.52. The topological polar surface area (TPSA) is 84.4 Å². The molecule has 0 bridgehead atoms. The predicted octanol–water partition coefficient (Wildman–Crippen LogP) is 4.70. The molecule has 4 rings (SSSR count). The van der Waals surface area contributed by atoms with Crippen molar-refractivity contribution >= 4 is 50.8 Å². The van der Waals surface area contributed by atoms with Gasteiger partial charge in [-0.3, -0.25) is 9.59 Å². The zero-order valence-electron chi connectivity index (χ0n) is 18.4. The molecule has 0 aliphatic carbocycles. The van der Waals surface area contributed by atoms with Crippen LogP contribution in [0.25, 0.3) is 21.3 Å². The maximum absolute atomic E-state index is 13.4. The minimum atomic E-state index is -0.310. The van der Waals surface area contributed by atoms with E-state index >= 15 is 0 Å². The van der Waals surface area contributed by atoms with E-state index in [1.165, 1.54) is 46.5 Å². The number of halogens is 1. The van der Waals surface area contributed by atoms with Crippen LogP contribution in [-0.2, 0) is 9.59 Å². The van der Waals surface area contributed by atoms with Gasteiger partial charge in [0.2, 0.25) is 11.8 Å². The third-order valence-corrected chi connectivity index (χ3v) is 6.84. The Morgan fingerprint density at radius 1 is 1.18 bits per heavy atom. The molecule has 0 atom stereocenters. The van der Waals surface area contributed by atoms with Crippen LogP contribution in [0.5, 0.6) is 5.75 Å². The Labute approximate surface area is 204 Å². The van der Waals surface area contributed by atoms with Crippen molar-refractivity contribution in [2.75, 3.05) is 31.8 Å². The first kappa shape index (κ1) is 23.7. The molecule has 0 aliphatic rings. The normalized spacial score (nSPS) is 10.8. The van der Waals surface area contributed by atoms with Gasteiger partial charge in [0.15, 0.2) is 0 Å². The molecule has 2 aromatic carbocycles. The molecule has 0 fully saturated rings. The molecule has 2 amide bonds. The van der Waals surface area contributed by atoms with E-state index in [1.807, 2.05) is 5.38 Å². The van der Waals surface area contributed by atoms with Crippen LogP contribution in [0.4, 0.5) is 10.1 Å². The van der Waals surface area contributed by atoms with E-state index in [2.05, 4.69) is 15.3 Å². The number of thioether (sulfide) groups is 1. The van der Waals surface area contributed by atoms with Gasteiger partial charge in [0.25, 0.3) is 0 Å². The monoisotopic (exact) mass is 496 g/mol. The van der Waals surface area contributed by atoms with E-state index in [4.69, 9.17) is 4.74 Å². The average molecular weight is 497 g/mol. The number of anilines is 1. The van der Waals surface area contributed by atoms with Crippen LogP contribution >= 0.6 is 23.1 Å². The number of ether oxygens (including phenoxy) is 1. The number of likely N-dealkylation sites (N-methyl/N-ethyl adjacent to an activating group) is 1. The number of methoxy groups -OCH3 is 1. The SMILES string of the molecule is COc1cccc(NC(=O)CN(C)C(=O)CSc2ncnc3scc(-c4ccc(F)cc4)c23)c1. The van der Waals surface area contributed by atoms with Crippen LogP contribution in [0.1, 0.15) is 0 Å². The number of carbonyl (C=O) groups is 2. The number of fused-ring (bicyclic) bond motifs is 1. The van der Waals surface area contributed by atoms with Crippen molar-refractivity contribution in [1.29, 1.82) is 0 Å². The minimum Gasteiger partial charge on any atom is -0.497 e. The molecule has 2 heterocycles. The molecule has 0 saturated carbocycles. The predicted molar refractivity (Wildman–Crippen MR) is 133 cm³/mol. The number of nitrogens with one attached hydrogen (secondary N) is 1. The molecule has 2 aromatic heterocycles. The number of thiophene rings is 1. The molecule has 0 radical (unpaired) electrons. The number of aromatic nitrogens is 2. The Hall–Kier alpha value is -3.50. The van der Waals surface area contributed by atoms with Crippen LogP contribution in [0, 0.1) is 5.82 Å². The van der Waals surface area contributed by atoms with E-state index in [-0.39, 0.29) is 29.9 Å². The summed E-state index contributed by atoms with van der Waals surface area (Å²) in [6.07, 6.45) is 1.46. The lowest BCUT2D eigenvalue weighted by Crippen LogP contribution is -2.35. The highest BCUT2D eigenvalue weighted by Gasteiger charge is 2.18. The lowest BCUT2D eigenvalue weighted by atomic mass is 10.1. The van der Waals surface area contributed by atoms with Crippen molar-refractivity contribution in [2.45, 2.75) is 5.03 Å². The summed E-state index contributed by atoms with van der Waals surface area (Å²) in [5.74, 6) is -0.0965. The highest BCUT2D eigenvalue weighted by atomic mass is 32.2. The highest BCUT2D eigenvalue weighted by Crippen LogP contribution is 2.37. The zero-order chi connectivity index (χ0) is 24.1. The molecule has 4 aromatic rings. The Balaban J connectivity index is 1.41. The van der Waals surface area contributed by atoms with Gasteiger partial charge in [-0.15, -0.1) is 11.3 Å². The molecule has 34 heavy (non-hydrogen) atoms. The summed E-state index contributed by atoms with van der Waals surface area (Å²) in [6.45, 7) is -0.0882. The molecule has 0 aliphatic heterocycles. The van der Waals surface area contributed by atoms with Gasteiger partial charge < -0.3 is 15.0 Å². The number of amides is 2. The minimum absolute atomic E-state index is 0.0882. The van der Waals surface area contributed by atoms with Gasteiger partial charge >= 0.3 is 0 Å². The molecule has 0 spiro atoms. The molecule has 0 saturated heterocycles. The molecular formula is C24H21FN4O3S2. The lowest BCUT2D eigenvalue weighted by molar-refractivity contribution is -0.131. The number of carbonyl (C=O) groups excluding carboxylic acids is 2. The Morgan fingerprint density at radius 2 is 1.97 bits per heavy atom. The van der Waals surface area contributed by atoms with Crippen molar-refractivity contribution in [2.24, 2.45) is 0 Å². The fourth-order valence-corrected chi connectivity index (χ4v) is 5.18. The van der Waals surface area contributed by atoms with Crippen molar-refractivity contribution in [3.63, 3.8) is 0 Å². The summed E-state index contributed by atoms with van der Waals surface area (Å²) >= 11 is 2.75. The average Bonchev–Trinajstić information content (AvgIpc) is 3.28. The lowest BCUT2D eigenvalue weighted by Gasteiger charge is -2.17. The molecule has 0 unspecified atom stereocenters. The van der Waals surface area contributed by atoms with Gasteiger partial charge in [-0.2, -0.15) is 0 Å². The molecule has 10 heteroatoms. The van der Waals surface area contributed by atoms with E-state index in [0.717, 1.165) is 21.3 Å². The smallest absolute Gasteiger partial charge is 0.243 e. The van der Waals surface area contributed by atoms with E-state index in [0.29, 0.717) is 16.5 Å². The van der Waals surface area contributed by atoms with Crippen molar-refractivity contribution in [3.8, 4) is 16.9 Å². The second-order valence-corrected chi connectivity index (χ2v) is 9.16. The molecule has 174 valence electrons. The number of nitrogens with zero attached hydrogens (tertiary/aromatic N) is 3. The first-order valence-corrected chi connectivity index (χ1v) is 12.1. The number of rotatable bonds is 8. The first-order chi connectivity index (χ1) is 16.4. The molecular weight excluding hydrogens is 475 g/mol. The summed E-state index contributed by atoms with van der Waals surface area (Å²) in [6, 6.07) is 13.2. The summed E-state index contributed by atoms with van der Waals surface area (Å²) < 4.78 is 18.5. The van der Waals surface area contributed by atoms with Gasteiger partial charge in [-0.25, -0.2) is 14.4 Å². The van der Waals surface area contributed by atoms with E-state index < -0.39 is 0 Å². The van der Waals surface area contributed by atoms with Crippen molar-refractivity contribution in [1.82, 2.24) is 14.9 Å². The highest BCUT2D eigenvalue weighted by molar-refractivity contribution is 8.00. The Bertz CT molecular complexity index is 1330. The van der Waals surface area contributed by atoms with Gasteiger partial charge in [-0.1, -0.05) is 30.0 Å². The molecule has 1 N–H and O–H groups in total. The van der Waals surface area contributed by atoms with Gasteiger partial charge in [0.05, 0.1) is 24.8 Å². The summed E-state index contributed by atoms with van der Waals surface area (Å²) in [5, 5.41) is 6.20. The van der Waals surface area contributed by atoms with E-state index in [1.54, 1.807) is 50.6 Å². The Morgan fingerprint density at radius 3 is 2.74 bits per heavy atom. The van der Waals surface area contributed by atoms with Gasteiger partial charge in [-0.05, 0) is 29.8 Å². The fraction of sp³-hybridized carbons (Fsp3) is 0.167. The number of hydrogen-bond acceptors (Lipinski definition) is 7. The van der Waals surface area contributed by atoms with Crippen LogP contribution in [-0.4, -0.2) is 53.1 Å². The van der Waals surface area contributed by atoms with Crippen LogP contribution in [0.2, 0.25) is 0 Å². The quantitative estimate of drug-likeness (QED) is 0.281. The fourth-order valence-electron chi connectivity index (χ4n) is 3.24. The summed E-state index contributed by atoms with van der Waals surface area (Å²) in [5.41, 5.74) is 2.33. The largest absolute Gasteiger partial charge is 0.497 e. The van der Waals surface area contributed by atoms with Crippen LogP contribution in [0.3, 0.4) is 0 Å². The van der Waals surface area contributed by atoms with Crippen LogP contribution in [0.15, 0.2) is 65.3 Å². The van der Waals surface area contributed by atoms with Crippen molar-refractivity contribution < 1.29 is 18.7 Å². The number of hydrogen-bond donors (Lipinski definition) is 1. The van der Waals surface area contributed by atoms with Gasteiger partial charge in [0.1, 0.15) is 27.8 Å². The standard InChI is InChI=1S/C24H21FN4O3S2/c1-29(11-20(30)28-17-4-3-5-18(10-17)32-2)21(31)13-34-24-22-19(12-33-23(22)26-14-27-24)15-6-8-16(25)9-7-15/h3-10,12,14H,11,13H2,1-2H3,(H,28,30). The maximum atomic E-state index is 13.4. The number of benzene rings is 2. The second-order valence-electron chi connectivity index (χ2n) is 7.33. The van der Waals surface area contributed by atoms with E-state index in [9.17, 15) is 14.0 Å². The maximum Gasteiger partial charge on any atom is 0.243 e. The summed E-state index contributed by atoms with van der Waals surface area (Å²) in [4.78, 5) is 35.9. The van der Waals surface area contributed by atoms with Crippen molar-refractivity contribution in [3.05, 3.63) is 66.1 Å². The molecule has 7 nitrogen and oxygen atoms in total. The third-order valence-electron chi connectivity index (χ3n) is 4.98. The summed E-state index contributed by atoms with van der Waals surface area (Å²) in [7, 11) is 3.13. The zero-order valence-corrected chi connectivity index (χ0v) is 20.1.